The second-order valence-electron chi connectivity index (χ2n) is 6.49. The summed E-state index contributed by atoms with van der Waals surface area (Å²) in [6, 6.07) is 17.6. The normalized spacial score (nSPS) is 10.7. The van der Waals surface area contributed by atoms with Crippen molar-refractivity contribution in [3.63, 3.8) is 0 Å². The minimum Gasteiger partial charge on any atom is -0.492 e. The standard InChI is InChI=1S/C22H22N6O/c1-3-29-18-10-5-4-8-16(18)27-21-19(23)22(25-13-24-21)28-17-9-6-7-15-12-11-14(2)26-20(15)17/h4-13H,3,23H2,1-2H3,(H2,24,25,27,28). The number of nitrogens with one attached hydrogen (secondary N) is 2. The summed E-state index contributed by atoms with van der Waals surface area (Å²) < 4.78 is 5.66. The molecule has 4 N–H and O–H groups in total. The molecule has 0 spiro atoms. The number of aryl methyl sites for hydroxylation is 1. The van der Waals surface area contributed by atoms with Gasteiger partial charge < -0.3 is 21.1 Å². The van der Waals surface area contributed by atoms with Crippen LogP contribution in [0.2, 0.25) is 0 Å². The Morgan fingerprint density at radius 2 is 1.62 bits per heavy atom. The zero-order valence-corrected chi connectivity index (χ0v) is 16.3. The SMILES string of the molecule is CCOc1ccccc1Nc1ncnc(Nc2cccc3ccc(C)nc23)c1N. The first kappa shape index (κ1) is 18.5. The van der Waals surface area contributed by atoms with Gasteiger partial charge in [0, 0.05) is 11.1 Å². The highest BCUT2D eigenvalue weighted by molar-refractivity contribution is 5.93. The summed E-state index contributed by atoms with van der Waals surface area (Å²) >= 11 is 0. The Bertz CT molecular complexity index is 1160. The number of hydrogen-bond acceptors (Lipinski definition) is 7. The van der Waals surface area contributed by atoms with E-state index in [1.165, 1.54) is 6.33 Å². The third-order valence-electron chi connectivity index (χ3n) is 4.44. The lowest BCUT2D eigenvalue weighted by molar-refractivity contribution is 0.342. The fourth-order valence-corrected chi connectivity index (χ4v) is 3.05. The summed E-state index contributed by atoms with van der Waals surface area (Å²) in [6.45, 7) is 4.48. The quantitative estimate of drug-likeness (QED) is 0.438. The molecule has 2 heterocycles. The molecule has 0 radical (unpaired) electrons. The van der Waals surface area contributed by atoms with Gasteiger partial charge in [-0.2, -0.15) is 0 Å². The molecule has 2 aromatic heterocycles. The zero-order chi connectivity index (χ0) is 20.2. The molecule has 146 valence electrons. The van der Waals surface area contributed by atoms with Crippen molar-refractivity contribution in [1.29, 1.82) is 0 Å². The molecule has 0 saturated carbocycles. The summed E-state index contributed by atoms with van der Waals surface area (Å²) in [4.78, 5) is 13.3. The minimum absolute atomic E-state index is 0.406. The number of pyridine rings is 1. The Hall–Kier alpha value is -3.87. The monoisotopic (exact) mass is 386 g/mol. The Kier molecular flexibility index (Phi) is 5.11. The van der Waals surface area contributed by atoms with Crippen molar-refractivity contribution < 1.29 is 4.74 Å². The Morgan fingerprint density at radius 1 is 0.897 bits per heavy atom. The van der Waals surface area contributed by atoms with E-state index in [-0.39, 0.29) is 0 Å². The Balaban J connectivity index is 1.67. The number of hydrogen-bond donors (Lipinski definition) is 3. The van der Waals surface area contributed by atoms with Gasteiger partial charge in [-0.1, -0.05) is 30.3 Å². The minimum atomic E-state index is 0.406. The van der Waals surface area contributed by atoms with Gasteiger partial charge in [-0.15, -0.1) is 0 Å². The molecule has 0 unspecified atom stereocenters. The number of nitrogen functional groups attached to an aromatic ring is 1. The van der Waals surface area contributed by atoms with Crippen LogP contribution in [-0.2, 0) is 0 Å². The number of aromatic nitrogens is 3. The van der Waals surface area contributed by atoms with Crippen LogP contribution in [-0.4, -0.2) is 21.6 Å². The van der Waals surface area contributed by atoms with E-state index in [1.807, 2.05) is 68.4 Å². The van der Waals surface area contributed by atoms with E-state index in [9.17, 15) is 0 Å². The molecule has 0 aliphatic heterocycles. The molecule has 4 rings (SSSR count). The van der Waals surface area contributed by atoms with Gasteiger partial charge in [0.25, 0.3) is 0 Å². The van der Waals surface area contributed by atoms with Crippen LogP contribution < -0.4 is 21.1 Å². The fraction of sp³-hybridized carbons (Fsp3) is 0.136. The molecule has 0 amide bonds. The highest BCUT2D eigenvalue weighted by atomic mass is 16.5. The molecule has 0 fully saturated rings. The van der Waals surface area contributed by atoms with Gasteiger partial charge >= 0.3 is 0 Å². The number of ether oxygens (including phenoxy) is 1. The lowest BCUT2D eigenvalue weighted by atomic mass is 10.1. The number of nitrogens with zero attached hydrogens (tertiary/aromatic N) is 3. The molecule has 29 heavy (non-hydrogen) atoms. The zero-order valence-electron chi connectivity index (χ0n) is 16.3. The highest BCUT2D eigenvalue weighted by Crippen LogP contribution is 2.33. The molecule has 0 aliphatic carbocycles. The van der Waals surface area contributed by atoms with Crippen LogP contribution in [0.1, 0.15) is 12.6 Å². The second kappa shape index (κ2) is 8.02. The van der Waals surface area contributed by atoms with Gasteiger partial charge in [0.05, 0.1) is 23.5 Å². The van der Waals surface area contributed by atoms with Crippen molar-refractivity contribution in [1.82, 2.24) is 15.0 Å². The number of benzene rings is 2. The van der Waals surface area contributed by atoms with Gasteiger partial charge in [0.2, 0.25) is 0 Å². The smallest absolute Gasteiger partial charge is 0.159 e. The van der Waals surface area contributed by atoms with Crippen LogP contribution in [0.5, 0.6) is 5.75 Å². The van der Waals surface area contributed by atoms with Crippen LogP contribution in [0.3, 0.4) is 0 Å². The molecule has 0 bridgehead atoms. The van der Waals surface area contributed by atoms with Crippen LogP contribution in [0.25, 0.3) is 10.9 Å². The number of rotatable bonds is 6. The lowest BCUT2D eigenvalue weighted by Crippen LogP contribution is -2.06. The van der Waals surface area contributed by atoms with Crippen molar-refractivity contribution >= 4 is 39.6 Å². The summed E-state index contributed by atoms with van der Waals surface area (Å²) in [6.07, 6.45) is 1.47. The first-order valence-corrected chi connectivity index (χ1v) is 9.38. The van der Waals surface area contributed by atoms with Gasteiger partial charge in [0.1, 0.15) is 17.8 Å². The van der Waals surface area contributed by atoms with Crippen molar-refractivity contribution in [3.8, 4) is 5.75 Å². The molecule has 0 atom stereocenters. The summed E-state index contributed by atoms with van der Waals surface area (Å²) in [5, 5.41) is 7.58. The summed E-state index contributed by atoms with van der Waals surface area (Å²) in [7, 11) is 0. The topological polar surface area (TPSA) is 98.0 Å². The first-order valence-electron chi connectivity index (χ1n) is 9.38. The number of fused-ring (bicyclic) bond motifs is 1. The molecule has 0 aliphatic rings. The van der Waals surface area contributed by atoms with Gasteiger partial charge in [-0.05, 0) is 38.1 Å². The van der Waals surface area contributed by atoms with Crippen LogP contribution in [0, 0.1) is 6.92 Å². The number of nitrogens with two attached hydrogens (primary N) is 1. The molecule has 0 saturated heterocycles. The average Bonchev–Trinajstić information content (AvgIpc) is 2.73. The van der Waals surface area contributed by atoms with Crippen molar-refractivity contribution in [2.24, 2.45) is 0 Å². The molecule has 7 nitrogen and oxygen atoms in total. The van der Waals surface area contributed by atoms with E-state index in [4.69, 9.17) is 10.5 Å². The Morgan fingerprint density at radius 3 is 2.41 bits per heavy atom. The highest BCUT2D eigenvalue weighted by Gasteiger charge is 2.12. The van der Waals surface area contributed by atoms with Crippen LogP contribution in [0.15, 0.2) is 60.9 Å². The summed E-state index contributed by atoms with van der Waals surface area (Å²) in [5.74, 6) is 1.74. The van der Waals surface area contributed by atoms with Gasteiger partial charge in [-0.3, -0.25) is 4.98 Å². The number of anilines is 5. The average molecular weight is 386 g/mol. The lowest BCUT2D eigenvalue weighted by Gasteiger charge is -2.15. The second-order valence-corrected chi connectivity index (χ2v) is 6.49. The molecule has 2 aromatic carbocycles. The number of para-hydroxylation sites is 3. The maximum absolute atomic E-state index is 6.37. The van der Waals surface area contributed by atoms with E-state index in [2.05, 4.69) is 25.6 Å². The largest absolute Gasteiger partial charge is 0.492 e. The van der Waals surface area contributed by atoms with E-state index in [0.717, 1.165) is 33.7 Å². The third kappa shape index (κ3) is 3.89. The van der Waals surface area contributed by atoms with E-state index in [1.54, 1.807) is 0 Å². The van der Waals surface area contributed by atoms with Gasteiger partial charge in [0.15, 0.2) is 11.6 Å². The van der Waals surface area contributed by atoms with E-state index < -0.39 is 0 Å². The van der Waals surface area contributed by atoms with E-state index in [0.29, 0.717) is 23.9 Å². The molecule has 4 aromatic rings. The van der Waals surface area contributed by atoms with Crippen molar-refractivity contribution in [2.45, 2.75) is 13.8 Å². The maximum Gasteiger partial charge on any atom is 0.159 e. The van der Waals surface area contributed by atoms with Crippen LogP contribution >= 0.6 is 0 Å². The maximum atomic E-state index is 6.37. The Labute approximate surface area is 169 Å². The third-order valence-corrected chi connectivity index (χ3v) is 4.44. The predicted octanol–water partition coefficient (Wildman–Crippen LogP) is 4.80. The summed E-state index contributed by atoms with van der Waals surface area (Å²) in [5.41, 5.74) is 10.2. The van der Waals surface area contributed by atoms with Gasteiger partial charge in [-0.25, -0.2) is 9.97 Å². The molecular formula is C22H22N6O. The fourth-order valence-electron chi connectivity index (χ4n) is 3.05. The van der Waals surface area contributed by atoms with E-state index >= 15 is 0 Å². The first-order chi connectivity index (χ1) is 14.2. The van der Waals surface area contributed by atoms with Crippen LogP contribution in [0.4, 0.5) is 28.7 Å². The molecular weight excluding hydrogens is 364 g/mol. The van der Waals surface area contributed by atoms with Crippen molar-refractivity contribution in [3.05, 3.63) is 66.6 Å². The predicted molar refractivity (Wildman–Crippen MR) is 117 cm³/mol. The van der Waals surface area contributed by atoms with Crippen molar-refractivity contribution in [2.75, 3.05) is 23.0 Å². The molecule has 7 heteroatoms.